The highest BCUT2D eigenvalue weighted by Crippen LogP contribution is 2.33. The van der Waals surface area contributed by atoms with Crippen molar-refractivity contribution in [3.63, 3.8) is 0 Å². The summed E-state index contributed by atoms with van der Waals surface area (Å²) in [6.45, 7) is 6.44. The van der Waals surface area contributed by atoms with Gasteiger partial charge in [-0.25, -0.2) is 0 Å². The van der Waals surface area contributed by atoms with E-state index in [-0.39, 0.29) is 0 Å². The predicted octanol–water partition coefficient (Wildman–Crippen LogP) is 3.73. The van der Waals surface area contributed by atoms with E-state index in [4.69, 9.17) is 11.6 Å². The minimum atomic E-state index is 0.338. The average molecular weight is 251 g/mol. The first-order chi connectivity index (χ1) is 7.99. The largest absolute Gasteiger partial charge is 0.346 e. The lowest BCUT2D eigenvalue weighted by Crippen LogP contribution is -2.16. The molecule has 0 saturated carbocycles. The Hall–Kier alpha value is -0.990. The lowest BCUT2D eigenvalue weighted by Gasteiger charge is -2.14. The Labute approximate surface area is 108 Å². The summed E-state index contributed by atoms with van der Waals surface area (Å²) >= 11 is 6.21. The van der Waals surface area contributed by atoms with E-state index >= 15 is 0 Å². The number of benzene rings is 1. The molecule has 2 aromatic rings. The van der Waals surface area contributed by atoms with Gasteiger partial charge < -0.3 is 9.88 Å². The standard InChI is InChI=1S/C14H19ClN2/c1-8-11-6-7-12(15)9(2)14(11)17(5)13(8)10(3)16-4/h6-7,10,16H,1-5H3. The van der Waals surface area contributed by atoms with Crippen LogP contribution in [0.15, 0.2) is 12.1 Å². The fraction of sp³-hybridized carbons (Fsp3) is 0.429. The molecule has 0 bridgehead atoms. The van der Waals surface area contributed by atoms with Gasteiger partial charge in [0.25, 0.3) is 0 Å². The summed E-state index contributed by atoms with van der Waals surface area (Å²) in [6, 6.07) is 4.44. The molecule has 0 aliphatic heterocycles. The third-order valence-corrected chi connectivity index (χ3v) is 4.10. The van der Waals surface area contributed by atoms with E-state index in [1.165, 1.54) is 22.2 Å². The molecule has 92 valence electrons. The van der Waals surface area contributed by atoms with Crippen molar-refractivity contribution in [2.24, 2.45) is 7.05 Å². The monoisotopic (exact) mass is 250 g/mol. The highest BCUT2D eigenvalue weighted by Gasteiger charge is 2.17. The number of nitrogens with zero attached hydrogens (tertiary/aromatic N) is 1. The Morgan fingerprint density at radius 3 is 2.47 bits per heavy atom. The molecule has 0 radical (unpaired) electrons. The molecule has 0 fully saturated rings. The molecule has 17 heavy (non-hydrogen) atoms. The topological polar surface area (TPSA) is 17.0 Å². The smallest absolute Gasteiger partial charge is 0.0527 e. The van der Waals surface area contributed by atoms with E-state index in [0.29, 0.717) is 6.04 Å². The molecule has 2 rings (SSSR count). The number of nitrogens with one attached hydrogen (secondary N) is 1. The fourth-order valence-corrected chi connectivity index (χ4v) is 2.82. The summed E-state index contributed by atoms with van der Waals surface area (Å²) in [6.07, 6.45) is 0. The van der Waals surface area contributed by atoms with Gasteiger partial charge in [-0.1, -0.05) is 17.7 Å². The van der Waals surface area contributed by atoms with E-state index in [2.05, 4.69) is 43.8 Å². The van der Waals surface area contributed by atoms with Crippen LogP contribution in [0.25, 0.3) is 10.9 Å². The SMILES string of the molecule is CNC(C)c1c(C)c2ccc(Cl)c(C)c2n1C. The van der Waals surface area contributed by atoms with Crippen LogP contribution in [0.3, 0.4) is 0 Å². The Bertz CT molecular complexity index is 569. The van der Waals surface area contributed by atoms with Crippen LogP contribution >= 0.6 is 11.6 Å². The zero-order chi connectivity index (χ0) is 12.7. The molecule has 2 nitrogen and oxygen atoms in total. The number of fused-ring (bicyclic) bond motifs is 1. The molecule has 1 aromatic heterocycles. The Morgan fingerprint density at radius 2 is 1.88 bits per heavy atom. The quantitative estimate of drug-likeness (QED) is 0.860. The number of aryl methyl sites for hydroxylation is 3. The van der Waals surface area contributed by atoms with Crippen molar-refractivity contribution < 1.29 is 0 Å². The predicted molar refractivity (Wildman–Crippen MR) is 74.9 cm³/mol. The second-order valence-electron chi connectivity index (χ2n) is 4.65. The number of halogens is 1. The van der Waals surface area contributed by atoms with Crippen molar-refractivity contribution >= 4 is 22.5 Å². The van der Waals surface area contributed by atoms with Crippen LogP contribution in [0, 0.1) is 13.8 Å². The van der Waals surface area contributed by atoms with Gasteiger partial charge in [0.1, 0.15) is 0 Å². The van der Waals surface area contributed by atoms with Gasteiger partial charge in [0.15, 0.2) is 0 Å². The van der Waals surface area contributed by atoms with Gasteiger partial charge in [0.2, 0.25) is 0 Å². The summed E-state index contributed by atoms with van der Waals surface area (Å²) in [5.74, 6) is 0. The lowest BCUT2D eigenvalue weighted by molar-refractivity contribution is 0.605. The third kappa shape index (κ3) is 1.76. The van der Waals surface area contributed by atoms with E-state index < -0.39 is 0 Å². The first-order valence-corrected chi connectivity index (χ1v) is 6.28. The van der Waals surface area contributed by atoms with Crippen molar-refractivity contribution in [1.29, 1.82) is 0 Å². The van der Waals surface area contributed by atoms with Gasteiger partial charge in [0.05, 0.1) is 5.52 Å². The summed E-state index contributed by atoms with van der Waals surface area (Å²) in [5, 5.41) is 5.44. The van der Waals surface area contributed by atoms with Crippen molar-refractivity contribution in [2.45, 2.75) is 26.8 Å². The summed E-state index contributed by atoms with van der Waals surface area (Å²) < 4.78 is 2.26. The molecule has 1 unspecified atom stereocenters. The zero-order valence-electron chi connectivity index (χ0n) is 11.1. The fourth-order valence-electron chi connectivity index (χ4n) is 2.67. The highest BCUT2D eigenvalue weighted by atomic mass is 35.5. The third-order valence-electron chi connectivity index (χ3n) is 3.69. The van der Waals surface area contributed by atoms with Crippen molar-refractivity contribution in [2.75, 3.05) is 7.05 Å². The number of aromatic nitrogens is 1. The van der Waals surface area contributed by atoms with Crippen LogP contribution in [0.5, 0.6) is 0 Å². The van der Waals surface area contributed by atoms with E-state index in [9.17, 15) is 0 Å². The van der Waals surface area contributed by atoms with Crippen molar-refractivity contribution in [1.82, 2.24) is 9.88 Å². The highest BCUT2D eigenvalue weighted by molar-refractivity contribution is 6.32. The summed E-state index contributed by atoms with van der Waals surface area (Å²) in [4.78, 5) is 0. The summed E-state index contributed by atoms with van der Waals surface area (Å²) in [5.41, 5.74) is 5.06. The molecule has 0 spiro atoms. The lowest BCUT2D eigenvalue weighted by atomic mass is 10.1. The molecule has 1 N–H and O–H groups in total. The van der Waals surface area contributed by atoms with Crippen LogP contribution in [-0.4, -0.2) is 11.6 Å². The van der Waals surface area contributed by atoms with Crippen molar-refractivity contribution in [3.05, 3.63) is 34.0 Å². The van der Waals surface area contributed by atoms with Gasteiger partial charge >= 0.3 is 0 Å². The Kier molecular flexibility index (Phi) is 3.19. The Balaban J connectivity index is 2.85. The van der Waals surface area contributed by atoms with Crippen LogP contribution in [0.2, 0.25) is 5.02 Å². The van der Waals surface area contributed by atoms with Crippen molar-refractivity contribution in [3.8, 4) is 0 Å². The van der Waals surface area contributed by atoms with Gasteiger partial charge in [-0.3, -0.25) is 0 Å². The van der Waals surface area contributed by atoms with Crippen LogP contribution in [-0.2, 0) is 7.05 Å². The molecular weight excluding hydrogens is 232 g/mol. The molecule has 3 heteroatoms. The number of hydrogen-bond acceptors (Lipinski definition) is 1. The minimum Gasteiger partial charge on any atom is -0.346 e. The number of hydrogen-bond donors (Lipinski definition) is 1. The van der Waals surface area contributed by atoms with Gasteiger partial charge in [-0.15, -0.1) is 0 Å². The molecule has 0 amide bonds. The van der Waals surface area contributed by atoms with Crippen LogP contribution in [0.1, 0.15) is 29.8 Å². The Morgan fingerprint density at radius 1 is 1.24 bits per heavy atom. The van der Waals surface area contributed by atoms with E-state index in [0.717, 1.165) is 10.6 Å². The number of rotatable bonds is 2. The molecule has 0 saturated heterocycles. The molecule has 0 aliphatic rings. The molecule has 1 heterocycles. The average Bonchev–Trinajstić information content (AvgIpc) is 2.56. The first kappa shape index (κ1) is 12.5. The van der Waals surface area contributed by atoms with Gasteiger partial charge in [0, 0.05) is 29.2 Å². The molecule has 0 aliphatic carbocycles. The zero-order valence-corrected chi connectivity index (χ0v) is 11.8. The van der Waals surface area contributed by atoms with Gasteiger partial charge in [-0.05, 0) is 45.0 Å². The van der Waals surface area contributed by atoms with Crippen LogP contribution < -0.4 is 5.32 Å². The molecule has 1 aromatic carbocycles. The maximum absolute atomic E-state index is 6.21. The maximum Gasteiger partial charge on any atom is 0.0527 e. The van der Waals surface area contributed by atoms with Crippen LogP contribution in [0.4, 0.5) is 0 Å². The van der Waals surface area contributed by atoms with E-state index in [1.54, 1.807) is 0 Å². The molecular formula is C14H19ClN2. The first-order valence-electron chi connectivity index (χ1n) is 5.90. The maximum atomic E-state index is 6.21. The van der Waals surface area contributed by atoms with E-state index in [1.807, 2.05) is 13.1 Å². The molecule has 1 atom stereocenters. The second kappa shape index (κ2) is 4.35. The second-order valence-corrected chi connectivity index (χ2v) is 5.06. The minimum absolute atomic E-state index is 0.338. The van der Waals surface area contributed by atoms with Gasteiger partial charge in [-0.2, -0.15) is 0 Å². The normalized spacial score (nSPS) is 13.3. The summed E-state index contributed by atoms with van der Waals surface area (Å²) in [7, 11) is 4.10.